The van der Waals surface area contributed by atoms with Crippen molar-refractivity contribution in [3.05, 3.63) is 59.1 Å². The molecule has 0 aliphatic heterocycles. The van der Waals surface area contributed by atoms with Gasteiger partial charge in [-0.25, -0.2) is 4.98 Å². The summed E-state index contributed by atoms with van der Waals surface area (Å²) in [5, 5.41) is 1.19. The zero-order valence-corrected chi connectivity index (χ0v) is 10.5. The predicted octanol–water partition coefficient (Wildman–Crippen LogP) is 2.15. The highest BCUT2D eigenvalue weighted by atomic mass is 32.1. The number of hydrogen-bond acceptors (Lipinski definition) is 2. The third kappa shape index (κ3) is 2.24. The number of aromatic nitrogens is 1. The summed E-state index contributed by atoms with van der Waals surface area (Å²) < 4.78 is 1.29. The van der Waals surface area contributed by atoms with Gasteiger partial charge >= 0.3 is 0 Å². The van der Waals surface area contributed by atoms with Gasteiger partial charge in [0.15, 0.2) is 0 Å². The third-order valence-corrected chi connectivity index (χ3v) is 3.80. The molecule has 1 nitrogen and oxygen atoms in total. The van der Waals surface area contributed by atoms with E-state index in [2.05, 4.69) is 55.3 Å². The first kappa shape index (κ1) is 10.5. The maximum atomic E-state index is 4.67. The van der Waals surface area contributed by atoms with Crippen LogP contribution in [0.25, 0.3) is 10.2 Å². The zero-order chi connectivity index (χ0) is 11.7. The number of fused-ring (bicyclic) bond motifs is 1. The van der Waals surface area contributed by atoms with E-state index >= 15 is 0 Å². The standard InChI is InChI=1S/C14H12BNS/c15-11-6-7-12-13(9-11)17-14(16-12)8-10-4-2-1-3-5-10/h1-7,9H,8,15H2. The lowest BCUT2D eigenvalue weighted by Gasteiger charge is -1.95. The largest absolute Gasteiger partial charge is 0.241 e. The van der Waals surface area contributed by atoms with Gasteiger partial charge < -0.3 is 0 Å². The Labute approximate surface area is 106 Å². The van der Waals surface area contributed by atoms with E-state index in [0.29, 0.717) is 0 Å². The minimum absolute atomic E-state index is 0.930. The van der Waals surface area contributed by atoms with Gasteiger partial charge in [0, 0.05) is 6.42 Å². The molecule has 3 rings (SSSR count). The van der Waals surface area contributed by atoms with E-state index in [1.54, 1.807) is 11.3 Å². The average molecular weight is 237 g/mol. The summed E-state index contributed by atoms with van der Waals surface area (Å²) in [6.07, 6.45) is 0.930. The van der Waals surface area contributed by atoms with Crippen LogP contribution in [0.2, 0.25) is 0 Å². The molecule has 0 amide bonds. The van der Waals surface area contributed by atoms with Crippen molar-refractivity contribution in [2.45, 2.75) is 6.42 Å². The van der Waals surface area contributed by atoms with Crippen molar-refractivity contribution in [3.63, 3.8) is 0 Å². The summed E-state index contributed by atoms with van der Waals surface area (Å²) in [7, 11) is 2.12. The minimum Gasteiger partial charge on any atom is -0.241 e. The molecule has 0 atom stereocenters. The molecule has 1 heterocycles. The Bertz CT molecular complexity index is 646. The molecule has 0 fully saturated rings. The van der Waals surface area contributed by atoms with Crippen LogP contribution in [0.4, 0.5) is 0 Å². The number of thiazole rings is 1. The van der Waals surface area contributed by atoms with Crippen LogP contribution in [-0.4, -0.2) is 12.8 Å². The Kier molecular flexibility index (Phi) is 2.69. The van der Waals surface area contributed by atoms with Crippen LogP contribution in [0, 0.1) is 0 Å². The quantitative estimate of drug-likeness (QED) is 0.622. The van der Waals surface area contributed by atoms with Crippen LogP contribution in [0.15, 0.2) is 48.5 Å². The summed E-state index contributed by atoms with van der Waals surface area (Å²) in [6, 6.07) is 16.9. The molecule has 0 unspecified atom stereocenters. The van der Waals surface area contributed by atoms with Gasteiger partial charge in [0.2, 0.25) is 0 Å². The Hall–Kier alpha value is -1.61. The molecule has 17 heavy (non-hydrogen) atoms. The van der Waals surface area contributed by atoms with Crippen molar-refractivity contribution in [2.24, 2.45) is 0 Å². The van der Waals surface area contributed by atoms with E-state index in [1.807, 2.05) is 6.07 Å². The molecule has 0 saturated heterocycles. The van der Waals surface area contributed by atoms with E-state index in [-0.39, 0.29) is 0 Å². The molecule has 2 aromatic carbocycles. The Morgan fingerprint density at radius 3 is 2.71 bits per heavy atom. The molecule has 0 saturated carbocycles. The molecule has 0 N–H and O–H groups in total. The van der Waals surface area contributed by atoms with Gasteiger partial charge in [0.1, 0.15) is 7.85 Å². The van der Waals surface area contributed by atoms with Crippen LogP contribution in [0.5, 0.6) is 0 Å². The minimum atomic E-state index is 0.930. The normalized spacial score (nSPS) is 10.8. The predicted molar refractivity (Wildman–Crippen MR) is 77.0 cm³/mol. The summed E-state index contributed by atoms with van der Waals surface area (Å²) >= 11 is 1.80. The molecule has 0 aliphatic rings. The highest BCUT2D eigenvalue weighted by Crippen LogP contribution is 2.22. The van der Waals surface area contributed by atoms with E-state index in [1.165, 1.54) is 20.7 Å². The van der Waals surface area contributed by atoms with Gasteiger partial charge in [-0.2, -0.15) is 0 Å². The van der Waals surface area contributed by atoms with Gasteiger partial charge in [0.25, 0.3) is 0 Å². The SMILES string of the molecule is Bc1ccc2nc(Cc3ccccc3)sc2c1. The smallest absolute Gasteiger partial charge is 0.139 e. The highest BCUT2D eigenvalue weighted by molar-refractivity contribution is 7.18. The van der Waals surface area contributed by atoms with Gasteiger partial charge in [-0.15, -0.1) is 11.3 Å². The topological polar surface area (TPSA) is 12.9 Å². The van der Waals surface area contributed by atoms with Crippen molar-refractivity contribution >= 4 is 34.9 Å². The summed E-state index contributed by atoms with van der Waals surface area (Å²) in [6.45, 7) is 0. The van der Waals surface area contributed by atoms with Gasteiger partial charge in [-0.3, -0.25) is 0 Å². The zero-order valence-electron chi connectivity index (χ0n) is 9.68. The van der Waals surface area contributed by atoms with Crippen molar-refractivity contribution in [3.8, 4) is 0 Å². The van der Waals surface area contributed by atoms with E-state index < -0.39 is 0 Å². The Morgan fingerprint density at radius 2 is 1.88 bits per heavy atom. The fraction of sp³-hybridized carbons (Fsp3) is 0.0714. The third-order valence-electron chi connectivity index (χ3n) is 2.79. The Balaban J connectivity index is 1.96. The fourth-order valence-electron chi connectivity index (χ4n) is 1.93. The number of hydrogen-bond donors (Lipinski definition) is 0. The van der Waals surface area contributed by atoms with Crippen LogP contribution < -0.4 is 5.46 Å². The number of rotatable bonds is 2. The van der Waals surface area contributed by atoms with Gasteiger partial charge in [-0.1, -0.05) is 41.9 Å². The second-order valence-corrected chi connectivity index (χ2v) is 5.36. The van der Waals surface area contributed by atoms with Crippen LogP contribution in [-0.2, 0) is 6.42 Å². The number of benzene rings is 2. The van der Waals surface area contributed by atoms with Crippen molar-refractivity contribution < 1.29 is 0 Å². The summed E-state index contributed by atoms with van der Waals surface area (Å²) in [5.41, 5.74) is 3.74. The monoisotopic (exact) mass is 237 g/mol. The maximum Gasteiger partial charge on any atom is 0.139 e. The van der Waals surface area contributed by atoms with Crippen LogP contribution >= 0.6 is 11.3 Å². The molecular weight excluding hydrogens is 225 g/mol. The summed E-state index contributed by atoms with van der Waals surface area (Å²) in [4.78, 5) is 4.67. The Morgan fingerprint density at radius 1 is 1.06 bits per heavy atom. The van der Waals surface area contributed by atoms with E-state index in [4.69, 9.17) is 0 Å². The lowest BCUT2D eigenvalue weighted by molar-refractivity contribution is 1.16. The van der Waals surface area contributed by atoms with Gasteiger partial charge in [0.05, 0.1) is 15.2 Å². The number of nitrogens with zero attached hydrogens (tertiary/aromatic N) is 1. The average Bonchev–Trinajstić information content (AvgIpc) is 2.71. The molecule has 3 aromatic rings. The lowest BCUT2D eigenvalue weighted by atomic mass is 9.97. The first-order valence-corrected chi connectivity index (χ1v) is 6.53. The van der Waals surface area contributed by atoms with Crippen LogP contribution in [0.3, 0.4) is 0 Å². The summed E-state index contributed by atoms with van der Waals surface area (Å²) in [5.74, 6) is 0. The second-order valence-electron chi connectivity index (χ2n) is 4.24. The molecule has 82 valence electrons. The molecule has 0 spiro atoms. The van der Waals surface area contributed by atoms with Crippen molar-refractivity contribution in [1.29, 1.82) is 0 Å². The van der Waals surface area contributed by atoms with Crippen molar-refractivity contribution in [2.75, 3.05) is 0 Å². The second kappa shape index (κ2) is 4.34. The molecule has 3 heteroatoms. The van der Waals surface area contributed by atoms with E-state index in [0.717, 1.165) is 11.9 Å². The first-order valence-electron chi connectivity index (χ1n) is 5.71. The molecule has 0 aliphatic carbocycles. The molecular formula is C14H12BNS. The lowest BCUT2D eigenvalue weighted by Crippen LogP contribution is -1.98. The first-order chi connectivity index (χ1) is 8.31. The maximum absolute atomic E-state index is 4.67. The van der Waals surface area contributed by atoms with Crippen LogP contribution in [0.1, 0.15) is 10.6 Å². The molecule has 0 bridgehead atoms. The molecule has 0 radical (unpaired) electrons. The molecule has 1 aromatic heterocycles. The highest BCUT2D eigenvalue weighted by Gasteiger charge is 2.04. The van der Waals surface area contributed by atoms with E-state index in [9.17, 15) is 0 Å². The van der Waals surface area contributed by atoms with Gasteiger partial charge in [-0.05, 0) is 17.7 Å². The fourth-order valence-corrected chi connectivity index (χ4v) is 3.03. The van der Waals surface area contributed by atoms with Crippen molar-refractivity contribution in [1.82, 2.24) is 4.98 Å².